The number of amides is 2. The monoisotopic (exact) mass is 212 g/mol. The number of rotatable bonds is 0. The molecule has 0 saturated carbocycles. The fourth-order valence-corrected chi connectivity index (χ4v) is 1.58. The summed E-state index contributed by atoms with van der Waals surface area (Å²) in [7, 11) is 1.68. The first kappa shape index (κ1) is 12.0. The van der Waals surface area contributed by atoms with E-state index in [0.717, 1.165) is 0 Å². The van der Waals surface area contributed by atoms with Crippen LogP contribution in [-0.2, 0) is 9.59 Å². The zero-order chi connectivity index (χ0) is 12.0. The number of likely N-dealkylation sites (N-methyl/N-ethyl adjacent to an activating group) is 1. The van der Waals surface area contributed by atoms with Gasteiger partial charge in [0.2, 0.25) is 11.8 Å². The molecule has 1 fully saturated rings. The molecule has 1 saturated heterocycles. The van der Waals surface area contributed by atoms with Crippen LogP contribution >= 0.6 is 0 Å². The smallest absolute Gasteiger partial charge is 0.246 e. The normalized spacial score (nSPS) is 26.5. The second kappa shape index (κ2) is 3.22. The highest BCUT2D eigenvalue weighted by atomic mass is 16.2. The zero-order valence-electron chi connectivity index (χ0n) is 10.3. The number of hydrogen-bond donors (Lipinski definition) is 1. The van der Waals surface area contributed by atoms with E-state index in [0.29, 0.717) is 0 Å². The molecule has 1 N–H and O–H groups in total. The molecule has 0 spiro atoms. The molecule has 1 aliphatic rings. The Morgan fingerprint density at radius 2 is 1.73 bits per heavy atom. The molecule has 4 nitrogen and oxygen atoms in total. The Hall–Kier alpha value is -1.06. The first-order chi connectivity index (χ1) is 6.58. The molecule has 0 aromatic carbocycles. The minimum absolute atomic E-state index is 0.0212. The van der Waals surface area contributed by atoms with Crippen molar-refractivity contribution in [2.45, 2.75) is 46.2 Å². The summed E-state index contributed by atoms with van der Waals surface area (Å²) in [4.78, 5) is 25.4. The van der Waals surface area contributed by atoms with Gasteiger partial charge in [0.05, 0.1) is 0 Å². The van der Waals surface area contributed by atoms with Gasteiger partial charge >= 0.3 is 0 Å². The van der Waals surface area contributed by atoms with Crippen molar-refractivity contribution in [2.75, 3.05) is 7.05 Å². The third-order valence-corrected chi connectivity index (χ3v) is 3.11. The molecule has 0 aromatic heterocycles. The Kier molecular flexibility index (Phi) is 2.58. The molecule has 15 heavy (non-hydrogen) atoms. The van der Waals surface area contributed by atoms with Gasteiger partial charge in [-0.25, -0.2) is 0 Å². The SMILES string of the molecule is CN1C(=O)C(C(C)(C)C)NC(=O)C1(C)C. The molecule has 4 heteroatoms. The lowest BCUT2D eigenvalue weighted by molar-refractivity contribution is -0.156. The van der Waals surface area contributed by atoms with E-state index in [1.807, 2.05) is 20.8 Å². The van der Waals surface area contributed by atoms with Gasteiger partial charge in [-0.2, -0.15) is 0 Å². The predicted octanol–water partition coefficient (Wildman–Crippen LogP) is 0.768. The Bertz CT molecular complexity index is 302. The highest BCUT2D eigenvalue weighted by Gasteiger charge is 2.47. The maximum Gasteiger partial charge on any atom is 0.246 e. The topological polar surface area (TPSA) is 49.4 Å². The van der Waals surface area contributed by atoms with Crippen LogP contribution in [0.1, 0.15) is 34.6 Å². The molecule has 0 aromatic rings. The number of piperazine rings is 1. The first-order valence-electron chi connectivity index (χ1n) is 5.17. The molecule has 86 valence electrons. The van der Waals surface area contributed by atoms with Gasteiger partial charge in [0.1, 0.15) is 11.6 Å². The van der Waals surface area contributed by atoms with Crippen molar-refractivity contribution in [3.8, 4) is 0 Å². The van der Waals surface area contributed by atoms with Gasteiger partial charge in [-0.15, -0.1) is 0 Å². The summed E-state index contributed by atoms with van der Waals surface area (Å²) in [6.45, 7) is 9.34. The molecular formula is C11H20N2O2. The van der Waals surface area contributed by atoms with E-state index in [1.165, 1.54) is 4.90 Å². The van der Waals surface area contributed by atoms with Gasteiger partial charge in [-0.3, -0.25) is 9.59 Å². The van der Waals surface area contributed by atoms with E-state index >= 15 is 0 Å². The molecule has 2 amide bonds. The number of carbonyl (C=O) groups excluding carboxylic acids is 2. The Labute approximate surface area is 91.0 Å². The largest absolute Gasteiger partial charge is 0.342 e. The number of nitrogens with one attached hydrogen (secondary N) is 1. The van der Waals surface area contributed by atoms with E-state index in [-0.39, 0.29) is 17.2 Å². The standard InChI is InChI=1S/C11H20N2O2/c1-10(2,3)7-8(14)13(6)11(4,5)9(15)12-7/h7H,1-6H3,(H,12,15). The molecular weight excluding hydrogens is 192 g/mol. The van der Waals surface area contributed by atoms with Crippen LogP contribution < -0.4 is 5.32 Å². The lowest BCUT2D eigenvalue weighted by Crippen LogP contribution is -2.69. The van der Waals surface area contributed by atoms with Crippen LogP contribution in [0, 0.1) is 5.41 Å². The summed E-state index contributed by atoms with van der Waals surface area (Å²) in [5.41, 5.74) is -1.00. The lowest BCUT2D eigenvalue weighted by atomic mass is 9.82. The van der Waals surface area contributed by atoms with Gasteiger partial charge in [0.15, 0.2) is 0 Å². The van der Waals surface area contributed by atoms with E-state index in [9.17, 15) is 9.59 Å². The van der Waals surface area contributed by atoms with E-state index in [4.69, 9.17) is 0 Å². The van der Waals surface area contributed by atoms with Crippen LogP contribution in [0.25, 0.3) is 0 Å². The quantitative estimate of drug-likeness (QED) is 0.644. The maximum atomic E-state index is 12.0. The molecule has 1 rings (SSSR count). The Morgan fingerprint density at radius 3 is 2.13 bits per heavy atom. The minimum Gasteiger partial charge on any atom is -0.342 e. The van der Waals surface area contributed by atoms with E-state index < -0.39 is 11.6 Å². The summed E-state index contributed by atoms with van der Waals surface area (Å²) in [5.74, 6) is -0.114. The van der Waals surface area contributed by atoms with Gasteiger partial charge < -0.3 is 10.2 Å². The summed E-state index contributed by atoms with van der Waals surface area (Å²) in [5, 5.41) is 2.80. The summed E-state index contributed by atoms with van der Waals surface area (Å²) in [6.07, 6.45) is 0. The third kappa shape index (κ3) is 1.85. The zero-order valence-corrected chi connectivity index (χ0v) is 10.3. The Morgan fingerprint density at radius 1 is 1.27 bits per heavy atom. The predicted molar refractivity (Wildman–Crippen MR) is 58.2 cm³/mol. The molecule has 0 aliphatic carbocycles. The number of carbonyl (C=O) groups is 2. The first-order valence-corrected chi connectivity index (χ1v) is 5.17. The van der Waals surface area contributed by atoms with E-state index in [1.54, 1.807) is 20.9 Å². The molecule has 1 aliphatic heterocycles. The van der Waals surface area contributed by atoms with Crippen molar-refractivity contribution in [3.05, 3.63) is 0 Å². The summed E-state index contributed by atoms with van der Waals surface area (Å²) >= 11 is 0. The van der Waals surface area contributed by atoms with Gasteiger partial charge in [0.25, 0.3) is 0 Å². The van der Waals surface area contributed by atoms with E-state index in [2.05, 4.69) is 5.32 Å². The molecule has 0 bridgehead atoms. The minimum atomic E-state index is -0.751. The molecule has 1 atom stereocenters. The van der Waals surface area contributed by atoms with Crippen LogP contribution in [0.15, 0.2) is 0 Å². The van der Waals surface area contributed by atoms with Crippen LogP contribution in [0.4, 0.5) is 0 Å². The molecule has 1 heterocycles. The highest BCUT2D eigenvalue weighted by Crippen LogP contribution is 2.27. The van der Waals surface area contributed by atoms with Crippen molar-refractivity contribution in [1.29, 1.82) is 0 Å². The van der Waals surface area contributed by atoms with Gasteiger partial charge in [0, 0.05) is 7.05 Å². The van der Waals surface area contributed by atoms with Crippen molar-refractivity contribution < 1.29 is 9.59 Å². The van der Waals surface area contributed by atoms with Gasteiger partial charge in [-0.05, 0) is 19.3 Å². The number of hydrogen-bond acceptors (Lipinski definition) is 2. The van der Waals surface area contributed by atoms with Crippen LogP contribution in [-0.4, -0.2) is 35.3 Å². The average Bonchev–Trinajstić information content (AvgIpc) is 2.07. The summed E-state index contributed by atoms with van der Waals surface area (Å²) < 4.78 is 0. The van der Waals surface area contributed by atoms with Crippen molar-refractivity contribution in [2.24, 2.45) is 5.41 Å². The highest BCUT2D eigenvalue weighted by molar-refractivity contribution is 5.99. The average molecular weight is 212 g/mol. The Balaban J connectivity index is 3.04. The second-order valence-electron chi connectivity index (χ2n) is 5.73. The molecule has 0 radical (unpaired) electrons. The van der Waals surface area contributed by atoms with Crippen molar-refractivity contribution >= 4 is 11.8 Å². The fraction of sp³-hybridized carbons (Fsp3) is 0.818. The van der Waals surface area contributed by atoms with Gasteiger partial charge in [-0.1, -0.05) is 20.8 Å². The summed E-state index contributed by atoms with van der Waals surface area (Å²) in [6, 6.07) is -0.428. The van der Waals surface area contributed by atoms with Crippen molar-refractivity contribution in [3.63, 3.8) is 0 Å². The third-order valence-electron chi connectivity index (χ3n) is 3.11. The van der Waals surface area contributed by atoms with Crippen LogP contribution in [0.2, 0.25) is 0 Å². The van der Waals surface area contributed by atoms with Crippen LogP contribution in [0.3, 0.4) is 0 Å². The fourth-order valence-electron chi connectivity index (χ4n) is 1.58. The second-order valence-corrected chi connectivity index (χ2v) is 5.73. The van der Waals surface area contributed by atoms with Crippen molar-refractivity contribution in [1.82, 2.24) is 10.2 Å². The lowest BCUT2D eigenvalue weighted by Gasteiger charge is -2.45. The molecule has 1 unspecified atom stereocenters. The number of nitrogens with zero attached hydrogens (tertiary/aromatic N) is 1. The maximum absolute atomic E-state index is 12.0. The van der Waals surface area contributed by atoms with Crippen LogP contribution in [0.5, 0.6) is 0 Å².